The van der Waals surface area contributed by atoms with Gasteiger partial charge in [-0.1, -0.05) is 6.92 Å². The molecule has 0 spiro atoms. The maximum Gasteiger partial charge on any atom is 0.128 e. The molecule has 20 heavy (non-hydrogen) atoms. The number of aromatic nitrogens is 1. The van der Waals surface area contributed by atoms with Crippen LogP contribution >= 0.6 is 0 Å². The smallest absolute Gasteiger partial charge is 0.128 e. The first kappa shape index (κ1) is 15.3. The van der Waals surface area contributed by atoms with Crippen LogP contribution < -0.4 is 10.2 Å². The molecule has 4 nitrogen and oxygen atoms in total. The summed E-state index contributed by atoms with van der Waals surface area (Å²) in [5.74, 6) is 1.82. The standard InChI is InChI=1S/C16H27N3O/c1-4-17-11-15-9-13(2)18-16(10-15)19(3)12-14-5-7-20-8-6-14/h9-10,14,17H,4-8,11-12H2,1-3H3. The Morgan fingerprint density at radius 2 is 2.10 bits per heavy atom. The highest BCUT2D eigenvalue weighted by Crippen LogP contribution is 2.20. The Bertz CT molecular complexity index is 416. The third-order valence-electron chi connectivity index (χ3n) is 3.84. The predicted octanol–water partition coefficient (Wildman–Crippen LogP) is 2.36. The molecule has 0 saturated carbocycles. The van der Waals surface area contributed by atoms with Gasteiger partial charge in [-0.05, 0) is 49.9 Å². The first-order valence-electron chi connectivity index (χ1n) is 7.66. The van der Waals surface area contributed by atoms with Crippen molar-refractivity contribution in [2.24, 2.45) is 5.92 Å². The Balaban J connectivity index is 2.00. The van der Waals surface area contributed by atoms with Gasteiger partial charge in [-0.2, -0.15) is 0 Å². The van der Waals surface area contributed by atoms with Crippen LogP contribution in [0.15, 0.2) is 12.1 Å². The quantitative estimate of drug-likeness (QED) is 0.866. The third-order valence-corrected chi connectivity index (χ3v) is 3.84. The van der Waals surface area contributed by atoms with E-state index in [0.717, 1.165) is 50.3 Å². The molecule has 0 aromatic carbocycles. The second-order valence-corrected chi connectivity index (χ2v) is 5.69. The Morgan fingerprint density at radius 3 is 2.80 bits per heavy atom. The largest absolute Gasteiger partial charge is 0.381 e. The summed E-state index contributed by atoms with van der Waals surface area (Å²) < 4.78 is 5.43. The number of nitrogens with one attached hydrogen (secondary N) is 1. The van der Waals surface area contributed by atoms with Crippen molar-refractivity contribution >= 4 is 5.82 Å². The Kier molecular flexibility index (Phi) is 5.80. The van der Waals surface area contributed by atoms with Crippen LogP contribution in [0.3, 0.4) is 0 Å². The van der Waals surface area contributed by atoms with Crippen LogP contribution in [0.25, 0.3) is 0 Å². The summed E-state index contributed by atoms with van der Waals surface area (Å²) in [4.78, 5) is 6.96. The molecule has 2 heterocycles. The van der Waals surface area contributed by atoms with Gasteiger partial charge in [0.15, 0.2) is 0 Å². The monoisotopic (exact) mass is 277 g/mol. The molecule has 0 amide bonds. The van der Waals surface area contributed by atoms with E-state index in [1.54, 1.807) is 0 Å². The lowest BCUT2D eigenvalue weighted by Gasteiger charge is -2.28. The first-order valence-corrected chi connectivity index (χ1v) is 7.66. The van der Waals surface area contributed by atoms with Crippen molar-refractivity contribution in [3.8, 4) is 0 Å². The van der Waals surface area contributed by atoms with Crippen LogP contribution in [-0.2, 0) is 11.3 Å². The molecule has 1 aromatic rings. The van der Waals surface area contributed by atoms with Crippen molar-refractivity contribution in [2.45, 2.75) is 33.2 Å². The average Bonchev–Trinajstić information content (AvgIpc) is 2.45. The zero-order chi connectivity index (χ0) is 14.4. The highest BCUT2D eigenvalue weighted by atomic mass is 16.5. The molecule has 4 heteroatoms. The number of hydrogen-bond donors (Lipinski definition) is 1. The van der Waals surface area contributed by atoms with E-state index in [-0.39, 0.29) is 0 Å². The molecule has 1 saturated heterocycles. The summed E-state index contributed by atoms with van der Waals surface area (Å²) in [6, 6.07) is 4.36. The van der Waals surface area contributed by atoms with Crippen LogP contribution in [0, 0.1) is 12.8 Å². The molecule has 0 unspecified atom stereocenters. The zero-order valence-electron chi connectivity index (χ0n) is 13.0. The van der Waals surface area contributed by atoms with E-state index in [4.69, 9.17) is 4.74 Å². The highest BCUT2D eigenvalue weighted by Gasteiger charge is 2.16. The Labute approximate surface area is 122 Å². The maximum atomic E-state index is 5.43. The third kappa shape index (κ3) is 4.46. The summed E-state index contributed by atoms with van der Waals surface area (Å²) in [5, 5.41) is 3.38. The molecular formula is C16H27N3O. The fraction of sp³-hybridized carbons (Fsp3) is 0.688. The fourth-order valence-electron chi connectivity index (χ4n) is 2.70. The molecule has 0 bridgehead atoms. The van der Waals surface area contributed by atoms with Gasteiger partial charge in [0.05, 0.1) is 0 Å². The van der Waals surface area contributed by atoms with Crippen molar-refractivity contribution in [1.82, 2.24) is 10.3 Å². The lowest BCUT2D eigenvalue weighted by Crippen LogP contribution is -2.30. The molecule has 1 N–H and O–H groups in total. The van der Waals surface area contributed by atoms with E-state index < -0.39 is 0 Å². The molecule has 1 aromatic heterocycles. The number of rotatable bonds is 6. The van der Waals surface area contributed by atoms with Crippen LogP contribution in [0.2, 0.25) is 0 Å². The molecule has 0 aliphatic carbocycles. The second-order valence-electron chi connectivity index (χ2n) is 5.69. The van der Waals surface area contributed by atoms with E-state index in [0.29, 0.717) is 0 Å². The second kappa shape index (κ2) is 7.60. The van der Waals surface area contributed by atoms with Crippen molar-refractivity contribution in [1.29, 1.82) is 0 Å². The number of anilines is 1. The van der Waals surface area contributed by atoms with Gasteiger partial charge in [0.1, 0.15) is 5.82 Å². The van der Waals surface area contributed by atoms with Crippen LogP contribution in [-0.4, -0.2) is 38.3 Å². The fourth-order valence-corrected chi connectivity index (χ4v) is 2.70. The van der Waals surface area contributed by atoms with Gasteiger partial charge >= 0.3 is 0 Å². The molecule has 0 radical (unpaired) electrons. The summed E-state index contributed by atoms with van der Waals surface area (Å²) in [6.45, 7) is 9.00. The molecule has 1 fully saturated rings. The Morgan fingerprint density at radius 1 is 1.35 bits per heavy atom. The lowest BCUT2D eigenvalue weighted by atomic mass is 10.00. The summed E-state index contributed by atoms with van der Waals surface area (Å²) in [6.07, 6.45) is 2.33. The van der Waals surface area contributed by atoms with Crippen molar-refractivity contribution in [3.05, 3.63) is 23.4 Å². The number of ether oxygens (including phenoxy) is 1. The molecule has 1 aliphatic heterocycles. The van der Waals surface area contributed by atoms with E-state index in [1.165, 1.54) is 18.4 Å². The minimum absolute atomic E-state index is 0.730. The van der Waals surface area contributed by atoms with E-state index in [9.17, 15) is 0 Å². The number of nitrogens with zero attached hydrogens (tertiary/aromatic N) is 2. The summed E-state index contributed by atoms with van der Waals surface area (Å²) >= 11 is 0. The van der Waals surface area contributed by atoms with Crippen LogP contribution in [0.1, 0.15) is 31.0 Å². The minimum atomic E-state index is 0.730. The van der Waals surface area contributed by atoms with Gasteiger partial charge in [0, 0.05) is 39.0 Å². The van der Waals surface area contributed by atoms with Crippen molar-refractivity contribution in [2.75, 3.05) is 38.3 Å². The minimum Gasteiger partial charge on any atom is -0.381 e. The van der Waals surface area contributed by atoms with Gasteiger partial charge in [-0.15, -0.1) is 0 Å². The lowest BCUT2D eigenvalue weighted by molar-refractivity contribution is 0.0685. The molecule has 2 rings (SSSR count). The normalized spacial score (nSPS) is 16.4. The van der Waals surface area contributed by atoms with Crippen LogP contribution in [0.4, 0.5) is 5.82 Å². The molecular weight excluding hydrogens is 250 g/mol. The first-order chi connectivity index (χ1) is 9.69. The van der Waals surface area contributed by atoms with E-state index >= 15 is 0 Å². The summed E-state index contributed by atoms with van der Waals surface area (Å²) in [7, 11) is 2.15. The predicted molar refractivity (Wildman–Crippen MR) is 83.2 cm³/mol. The van der Waals surface area contributed by atoms with Crippen molar-refractivity contribution < 1.29 is 4.74 Å². The number of hydrogen-bond acceptors (Lipinski definition) is 4. The van der Waals surface area contributed by atoms with Gasteiger partial charge in [0.25, 0.3) is 0 Å². The van der Waals surface area contributed by atoms with Gasteiger partial charge in [0.2, 0.25) is 0 Å². The topological polar surface area (TPSA) is 37.4 Å². The zero-order valence-corrected chi connectivity index (χ0v) is 13.0. The SMILES string of the molecule is CCNCc1cc(C)nc(N(C)CC2CCOCC2)c1. The molecule has 1 aliphatic rings. The Hall–Kier alpha value is -1.13. The van der Waals surface area contributed by atoms with E-state index in [1.807, 2.05) is 0 Å². The van der Waals surface area contributed by atoms with E-state index in [2.05, 4.69) is 48.2 Å². The van der Waals surface area contributed by atoms with Gasteiger partial charge in [-0.3, -0.25) is 0 Å². The highest BCUT2D eigenvalue weighted by molar-refractivity contribution is 5.42. The maximum absolute atomic E-state index is 5.43. The number of pyridine rings is 1. The van der Waals surface area contributed by atoms with Gasteiger partial charge < -0.3 is 15.0 Å². The van der Waals surface area contributed by atoms with Crippen molar-refractivity contribution in [3.63, 3.8) is 0 Å². The van der Waals surface area contributed by atoms with Gasteiger partial charge in [-0.25, -0.2) is 4.98 Å². The molecule has 112 valence electrons. The number of aryl methyl sites for hydroxylation is 1. The average molecular weight is 277 g/mol. The van der Waals surface area contributed by atoms with Crippen LogP contribution in [0.5, 0.6) is 0 Å². The summed E-state index contributed by atoms with van der Waals surface area (Å²) in [5.41, 5.74) is 2.41. The molecule has 0 atom stereocenters.